The first-order chi connectivity index (χ1) is 18.8. The number of piperidine rings is 1. The first kappa shape index (κ1) is 33.6. The number of rotatable bonds is 10. The highest BCUT2D eigenvalue weighted by atomic mass is 32.2. The van der Waals surface area contributed by atoms with Crippen LogP contribution < -0.4 is 4.89 Å². The summed E-state index contributed by atoms with van der Waals surface area (Å²) < 4.78 is 113. The van der Waals surface area contributed by atoms with Gasteiger partial charge in [-0.3, -0.25) is 4.57 Å². The number of halogens is 4. The number of morpholine rings is 1. The van der Waals surface area contributed by atoms with Gasteiger partial charge in [0.25, 0.3) is 7.82 Å². The predicted molar refractivity (Wildman–Crippen MR) is 133 cm³/mol. The van der Waals surface area contributed by atoms with E-state index in [9.17, 15) is 40.2 Å². The number of hydrogen-bond donors (Lipinski definition) is 0. The molecule has 0 aliphatic carbocycles. The zero-order chi connectivity index (χ0) is 30.7. The van der Waals surface area contributed by atoms with Crippen LogP contribution in [0.2, 0.25) is 0 Å². The number of benzene rings is 1. The number of hydrogen-bond acceptors (Lipinski definition) is 9. The normalized spacial score (nSPS) is 20.9. The number of phosphoric acid groups is 1. The molecular formula is C23H34F4N3O9PS. The number of amides is 1. The quantitative estimate of drug-likeness (QED) is 0.215. The Kier molecular flexibility index (Phi) is 10.5. The Labute approximate surface area is 235 Å². The minimum absolute atomic E-state index is 0.0447. The fraction of sp³-hybridized carbons (Fsp3) is 0.696. The number of quaternary nitrogens is 1. The third-order valence-corrected chi connectivity index (χ3v) is 9.42. The van der Waals surface area contributed by atoms with Crippen molar-refractivity contribution >= 4 is 23.9 Å². The molecule has 41 heavy (non-hydrogen) atoms. The van der Waals surface area contributed by atoms with E-state index in [0.29, 0.717) is 4.48 Å². The van der Waals surface area contributed by atoms with Gasteiger partial charge in [-0.25, -0.2) is 17.6 Å². The summed E-state index contributed by atoms with van der Waals surface area (Å²) in [6, 6.07) is 4.36. The van der Waals surface area contributed by atoms with Crippen molar-refractivity contribution in [1.29, 1.82) is 0 Å². The third kappa shape index (κ3) is 9.58. The molecule has 1 spiro atoms. The van der Waals surface area contributed by atoms with Crippen molar-refractivity contribution in [2.45, 2.75) is 35.6 Å². The highest BCUT2D eigenvalue weighted by molar-refractivity contribution is 7.89. The number of likely N-dealkylation sites (N-methyl/N-ethyl adjacent to an activating group) is 1. The van der Waals surface area contributed by atoms with E-state index in [0.717, 1.165) is 29.2 Å². The fourth-order valence-electron chi connectivity index (χ4n) is 4.18. The molecule has 12 nitrogen and oxygen atoms in total. The number of likely N-dealkylation sites (tertiary alicyclic amines) is 1. The van der Waals surface area contributed by atoms with Crippen molar-refractivity contribution in [3.8, 4) is 0 Å². The summed E-state index contributed by atoms with van der Waals surface area (Å²) in [5, 5.41) is 0. The lowest BCUT2D eigenvalue weighted by Gasteiger charge is -2.46. The SMILES string of the molecule is C[N+](C)(C)CCOP(=O)([O-])OC[C@@H](OC(=O)N1CCC2(CC1)CN(S(=O)(=O)c1ccc(F)cc1)CCO2)C(F)(F)F. The van der Waals surface area contributed by atoms with Crippen LogP contribution in [-0.2, 0) is 33.1 Å². The summed E-state index contributed by atoms with van der Waals surface area (Å²) in [5.74, 6) is -0.591. The van der Waals surface area contributed by atoms with Crippen molar-refractivity contribution in [3.05, 3.63) is 30.1 Å². The fourth-order valence-corrected chi connectivity index (χ4v) is 6.38. The van der Waals surface area contributed by atoms with Crippen molar-refractivity contribution in [3.63, 3.8) is 0 Å². The van der Waals surface area contributed by atoms with Gasteiger partial charge in [0.15, 0.2) is 0 Å². The molecule has 2 atom stereocenters. The molecule has 3 rings (SSSR count). The van der Waals surface area contributed by atoms with Gasteiger partial charge in [-0.2, -0.15) is 17.5 Å². The van der Waals surface area contributed by atoms with Crippen molar-refractivity contribution in [2.75, 3.05) is 73.7 Å². The van der Waals surface area contributed by atoms with E-state index < -0.39 is 54.2 Å². The molecule has 0 saturated carbocycles. The lowest BCUT2D eigenvalue weighted by Crippen LogP contribution is -2.58. The van der Waals surface area contributed by atoms with Crippen LogP contribution in [0.5, 0.6) is 0 Å². The smallest absolute Gasteiger partial charge is 0.427 e. The molecule has 2 aliphatic heterocycles. The number of carbonyl (C=O) groups excluding carboxylic acids is 1. The molecule has 1 amide bonds. The summed E-state index contributed by atoms with van der Waals surface area (Å²) in [4.78, 5) is 25.3. The van der Waals surface area contributed by atoms with Crippen molar-refractivity contribution in [1.82, 2.24) is 9.21 Å². The van der Waals surface area contributed by atoms with Crippen LogP contribution in [0, 0.1) is 5.82 Å². The summed E-state index contributed by atoms with van der Waals surface area (Å²) >= 11 is 0. The van der Waals surface area contributed by atoms with E-state index in [4.69, 9.17) is 4.74 Å². The Balaban J connectivity index is 1.56. The number of ether oxygens (including phenoxy) is 2. The average Bonchev–Trinajstić information content (AvgIpc) is 2.85. The van der Waals surface area contributed by atoms with Crippen LogP contribution in [0.3, 0.4) is 0 Å². The highest BCUT2D eigenvalue weighted by Crippen LogP contribution is 2.40. The van der Waals surface area contributed by atoms with Gasteiger partial charge in [0.05, 0.1) is 38.2 Å². The number of alkyl halides is 3. The largest absolute Gasteiger partial charge is 0.756 e. The van der Waals surface area contributed by atoms with Crippen molar-refractivity contribution in [2.24, 2.45) is 0 Å². The van der Waals surface area contributed by atoms with Crippen LogP contribution in [0.25, 0.3) is 0 Å². The predicted octanol–water partition coefficient (Wildman–Crippen LogP) is 1.96. The molecule has 2 saturated heterocycles. The van der Waals surface area contributed by atoms with E-state index in [1.165, 1.54) is 4.31 Å². The van der Waals surface area contributed by atoms with Crippen LogP contribution in [0.1, 0.15) is 12.8 Å². The van der Waals surface area contributed by atoms with Gasteiger partial charge in [0, 0.05) is 26.2 Å². The molecule has 1 unspecified atom stereocenters. The Morgan fingerprint density at radius 1 is 1.15 bits per heavy atom. The minimum atomic E-state index is -5.13. The van der Waals surface area contributed by atoms with Crippen LogP contribution in [-0.4, -0.2) is 120 Å². The minimum Gasteiger partial charge on any atom is -0.756 e. The van der Waals surface area contributed by atoms with Gasteiger partial charge in [0.2, 0.25) is 16.1 Å². The zero-order valence-corrected chi connectivity index (χ0v) is 24.6. The first-order valence-electron chi connectivity index (χ1n) is 12.6. The average molecular weight is 636 g/mol. The number of nitrogens with zero attached hydrogens (tertiary/aromatic N) is 3. The Morgan fingerprint density at radius 3 is 2.32 bits per heavy atom. The molecule has 1 aromatic carbocycles. The summed E-state index contributed by atoms with van der Waals surface area (Å²) in [6.07, 6.45) is -9.15. The lowest BCUT2D eigenvalue weighted by atomic mass is 9.90. The van der Waals surface area contributed by atoms with Gasteiger partial charge in [-0.15, -0.1) is 0 Å². The summed E-state index contributed by atoms with van der Waals surface area (Å²) in [5.41, 5.74) is -0.993. The van der Waals surface area contributed by atoms with E-state index in [-0.39, 0.29) is 63.7 Å². The zero-order valence-electron chi connectivity index (χ0n) is 22.8. The summed E-state index contributed by atoms with van der Waals surface area (Å²) in [6.45, 7) is -1.79. The molecule has 234 valence electrons. The maximum absolute atomic E-state index is 13.5. The van der Waals surface area contributed by atoms with Crippen molar-refractivity contribution < 1.29 is 63.2 Å². The number of phosphoric ester groups is 1. The molecule has 0 N–H and O–H groups in total. The van der Waals surface area contributed by atoms with Gasteiger partial charge in [-0.05, 0) is 37.1 Å². The molecule has 0 aromatic heterocycles. The maximum atomic E-state index is 13.5. The molecule has 2 heterocycles. The monoisotopic (exact) mass is 635 g/mol. The van der Waals surface area contributed by atoms with E-state index in [2.05, 4.69) is 13.8 Å². The second kappa shape index (κ2) is 12.8. The molecule has 2 fully saturated rings. The van der Waals surface area contributed by atoms with Crippen LogP contribution >= 0.6 is 7.82 Å². The molecule has 1 aromatic rings. The second-order valence-corrected chi connectivity index (χ2v) is 14.2. The number of sulfonamides is 1. The maximum Gasteiger partial charge on any atom is 0.427 e. The molecular weight excluding hydrogens is 601 g/mol. The molecule has 0 radical (unpaired) electrons. The Morgan fingerprint density at radius 2 is 1.76 bits per heavy atom. The number of carbonyl (C=O) groups is 1. The molecule has 18 heteroatoms. The van der Waals surface area contributed by atoms with E-state index in [1.807, 2.05) is 0 Å². The highest BCUT2D eigenvalue weighted by Gasteiger charge is 2.47. The van der Waals surface area contributed by atoms with Crippen LogP contribution in [0.4, 0.5) is 22.4 Å². The second-order valence-electron chi connectivity index (χ2n) is 10.8. The Bertz CT molecular complexity index is 1200. The first-order valence-corrected chi connectivity index (χ1v) is 15.5. The van der Waals surface area contributed by atoms with Gasteiger partial charge < -0.3 is 32.8 Å². The lowest BCUT2D eigenvalue weighted by molar-refractivity contribution is -0.870. The standard InChI is InChI=1S/C23H34F4N3O9PS/c1-30(2,3)13-15-37-40(32,33)38-16-20(23(25,26)27)39-21(31)28-10-8-22(9-11-28)17-29(12-14-36-22)41(34,35)19-6-4-18(24)5-7-19/h4-7,20H,8-17H2,1-3H3/t20-/m1/s1. The Hall–Kier alpha value is -1.85. The van der Waals surface area contributed by atoms with Crippen LogP contribution in [0.15, 0.2) is 29.2 Å². The van der Waals surface area contributed by atoms with E-state index >= 15 is 0 Å². The molecule has 0 bridgehead atoms. The van der Waals surface area contributed by atoms with E-state index in [1.54, 1.807) is 21.1 Å². The van der Waals surface area contributed by atoms with Gasteiger partial charge in [-0.1, -0.05) is 0 Å². The summed E-state index contributed by atoms with van der Waals surface area (Å²) in [7, 11) is -3.79. The molecule has 2 aliphatic rings. The third-order valence-electron chi connectivity index (χ3n) is 6.60. The topological polar surface area (TPSA) is 135 Å². The van der Waals surface area contributed by atoms with Gasteiger partial charge >= 0.3 is 12.3 Å². The van der Waals surface area contributed by atoms with Gasteiger partial charge in [0.1, 0.15) is 25.6 Å².